The van der Waals surface area contributed by atoms with Gasteiger partial charge in [-0.2, -0.15) is 13.2 Å². The number of amides is 1. The van der Waals surface area contributed by atoms with Crippen molar-refractivity contribution in [1.29, 1.82) is 0 Å². The average molecular weight is 265 g/mol. The van der Waals surface area contributed by atoms with Gasteiger partial charge in [-0.05, 0) is 18.2 Å². The molecule has 0 heterocycles. The number of alkyl halides is 3. The summed E-state index contributed by atoms with van der Waals surface area (Å²) >= 11 is 0. The Hall–Kier alpha value is -1.96. The molecule has 0 aliphatic rings. The lowest BCUT2D eigenvalue weighted by atomic mass is 10.1. The van der Waals surface area contributed by atoms with Gasteiger partial charge in [-0.3, -0.25) is 4.79 Å². The minimum atomic E-state index is -4.84. The Morgan fingerprint density at radius 3 is 2.50 bits per heavy atom. The van der Waals surface area contributed by atoms with Gasteiger partial charge >= 0.3 is 6.18 Å². The maximum Gasteiger partial charge on any atom is 0.416 e. The summed E-state index contributed by atoms with van der Waals surface area (Å²) in [7, 11) is 0. The van der Waals surface area contributed by atoms with E-state index in [2.05, 4.69) is 0 Å². The van der Waals surface area contributed by atoms with Crippen LogP contribution in [0.3, 0.4) is 0 Å². The van der Waals surface area contributed by atoms with Crippen LogP contribution < -0.4 is 5.32 Å². The number of phenolic OH excluding ortho intramolecular Hbond substituents is 2. The average Bonchev–Trinajstić information content (AvgIpc) is 2.27. The van der Waals surface area contributed by atoms with E-state index < -0.39 is 30.5 Å². The zero-order valence-electron chi connectivity index (χ0n) is 8.90. The molecule has 0 aliphatic heterocycles. The Morgan fingerprint density at radius 1 is 1.33 bits per heavy atom. The van der Waals surface area contributed by atoms with Gasteiger partial charge in [0.15, 0.2) is 6.10 Å². The Labute approximate surface area is 99.5 Å². The highest BCUT2D eigenvalue weighted by Gasteiger charge is 2.38. The molecule has 0 radical (unpaired) electrons. The van der Waals surface area contributed by atoms with Crippen molar-refractivity contribution < 1.29 is 33.3 Å². The third-order valence-corrected chi connectivity index (χ3v) is 2.06. The summed E-state index contributed by atoms with van der Waals surface area (Å²) in [5.41, 5.74) is -0.385. The molecule has 8 heteroatoms. The van der Waals surface area contributed by atoms with Crippen LogP contribution in [0.5, 0.6) is 11.5 Å². The zero-order chi connectivity index (χ0) is 13.9. The number of rotatable bonds is 3. The molecule has 5 nitrogen and oxygen atoms in total. The maximum atomic E-state index is 12.0. The highest BCUT2D eigenvalue weighted by atomic mass is 19.4. The van der Waals surface area contributed by atoms with E-state index in [1.165, 1.54) is 0 Å². The fraction of sp³-hybridized carbons (Fsp3) is 0.300. The van der Waals surface area contributed by atoms with Crippen molar-refractivity contribution in [2.75, 3.05) is 6.54 Å². The number of aliphatic hydroxyl groups is 1. The smallest absolute Gasteiger partial charge is 0.416 e. The van der Waals surface area contributed by atoms with Gasteiger partial charge in [-0.25, -0.2) is 0 Å². The lowest BCUT2D eigenvalue weighted by Crippen LogP contribution is -2.40. The second-order valence-electron chi connectivity index (χ2n) is 3.47. The number of aromatic hydroxyl groups is 2. The molecular formula is C10H10F3NO4. The normalized spacial score (nSPS) is 13.1. The third kappa shape index (κ3) is 3.52. The number of hydrogen-bond acceptors (Lipinski definition) is 4. The summed E-state index contributed by atoms with van der Waals surface area (Å²) in [6.45, 7) is -1.04. The molecule has 1 unspecified atom stereocenters. The van der Waals surface area contributed by atoms with Crippen molar-refractivity contribution in [2.45, 2.75) is 12.3 Å². The molecule has 0 aromatic heterocycles. The standard InChI is InChI=1S/C10H10F3NO4/c11-10(12,13)8(17)4-14-9(18)6-3-5(15)1-2-7(6)16/h1-3,8,15-17H,4H2,(H,14,18). The Kier molecular flexibility index (Phi) is 4.02. The van der Waals surface area contributed by atoms with Gasteiger partial charge in [0.2, 0.25) is 0 Å². The van der Waals surface area contributed by atoms with Crippen LogP contribution in [-0.2, 0) is 0 Å². The van der Waals surface area contributed by atoms with Crippen molar-refractivity contribution in [1.82, 2.24) is 5.32 Å². The molecule has 1 atom stereocenters. The first-order chi connectivity index (χ1) is 8.21. The minimum absolute atomic E-state index is 0.325. The fourth-order valence-corrected chi connectivity index (χ4v) is 1.11. The molecule has 4 N–H and O–H groups in total. The molecule has 0 spiro atoms. The van der Waals surface area contributed by atoms with Crippen LogP contribution in [0.4, 0.5) is 13.2 Å². The topological polar surface area (TPSA) is 89.8 Å². The fourth-order valence-electron chi connectivity index (χ4n) is 1.11. The summed E-state index contributed by atoms with van der Waals surface area (Å²) in [4.78, 5) is 11.4. The van der Waals surface area contributed by atoms with Crippen molar-refractivity contribution in [2.24, 2.45) is 0 Å². The van der Waals surface area contributed by atoms with Crippen LogP contribution in [0, 0.1) is 0 Å². The number of hydrogen-bond donors (Lipinski definition) is 4. The molecule has 0 saturated carbocycles. The molecule has 0 bridgehead atoms. The first-order valence-corrected chi connectivity index (χ1v) is 4.76. The molecule has 1 rings (SSSR count). The first-order valence-electron chi connectivity index (χ1n) is 4.76. The quantitative estimate of drug-likeness (QED) is 0.607. The number of carbonyl (C=O) groups is 1. The monoisotopic (exact) mass is 265 g/mol. The van der Waals surface area contributed by atoms with Gasteiger partial charge in [0, 0.05) is 0 Å². The van der Waals surface area contributed by atoms with E-state index in [4.69, 9.17) is 10.2 Å². The Balaban J connectivity index is 2.69. The molecular weight excluding hydrogens is 255 g/mol. The second kappa shape index (κ2) is 5.13. The summed E-state index contributed by atoms with van der Waals surface area (Å²) in [5, 5.41) is 28.8. The molecule has 1 amide bonds. The van der Waals surface area contributed by atoms with Crippen LogP contribution in [0.2, 0.25) is 0 Å². The van der Waals surface area contributed by atoms with Crippen molar-refractivity contribution >= 4 is 5.91 Å². The summed E-state index contributed by atoms with van der Waals surface area (Å²) in [5.74, 6) is -1.85. The lowest BCUT2D eigenvalue weighted by molar-refractivity contribution is -0.201. The minimum Gasteiger partial charge on any atom is -0.508 e. The van der Waals surface area contributed by atoms with E-state index in [0.717, 1.165) is 18.2 Å². The predicted octanol–water partition coefficient (Wildman–Crippen LogP) is 0.751. The number of halogens is 3. The molecule has 1 aromatic carbocycles. The van der Waals surface area contributed by atoms with E-state index in [1.54, 1.807) is 5.32 Å². The highest BCUT2D eigenvalue weighted by molar-refractivity contribution is 5.97. The van der Waals surface area contributed by atoms with Gasteiger partial charge in [0.25, 0.3) is 5.91 Å². The van der Waals surface area contributed by atoms with Gasteiger partial charge < -0.3 is 20.6 Å². The largest absolute Gasteiger partial charge is 0.508 e. The second-order valence-corrected chi connectivity index (χ2v) is 3.47. The molecule has 18 heavy (non-hydrogen) atoms. The number of phenols is 2. The van der Waals surface area contributed by atoms with Crippen LogP contribution in [0.1, 0.15) is 10.4 Å². The number of benzene rings is 1. The van der Waals surface area contributed by atoms with E-state index in [0.29, 0.717) is 0 Å². The lowest BCUT2D eigenvalue weighted by Gasteiger charge is -2.15. The number of carbonyl (C=O) groups excluding carboxylic acids is 1. The molecule has 0 saturated heterocycles. The molecule has 1 aromatic rings. The van der Waals surface area contributed by atoms with Crippen molar-refractivity contribution in [3.05, 3.63) is 23.8 Å². The van der Waals surface area contributed by atoms with E-state index in [9.17, 15) is 23.1 Å². The molecule has 0 aliphatic carbocycles. The Morgan fingerprint density at radius 2 is 1.94 bits per heavy atom. The van der Waals surface area contributed by atoms with Gasteiger partial charge in [0.05, 0.1) is 12.1 Å². The number of nitrogens with one attached hydrogen (secondary N) is 1. The van der Waals surface area contributed by atoms with Gasteiger partial charge in [0.1, 0.15) is 11.5 Å². The van der Waals surface area contributed by atoms with Crippen molar-refractivity contribution in [3.8, 4) is 11.5 Å². The van der Waals surface area contributed by atoms with E-state index >= 15 is 0 Å². The van der Waals surface area contributed by atoms with E-state index in [1.807, 2.05) is 0 Å². The molecule has 0 fully saturated rings. The number of aliphatic hydroxyl groups excluding tert-OH is 1. The predicted molar refractivity (Wildman–Crippen MR) is 54.2 cm³/mol. The third-order valence-electron chi connectivity index (χ3n) is 2.06. The highest BCUT2D eigenvalue weighted by Crippen LogP contribution is 2.22. The van der Waals surface area contributed by atoms with Gasteiger partial charge in [-0.15, -0.1) is 0 Å². The zero-order valence-corrected chi connectivity index (χ0v) is 8.90. The van der Waals surface area contributed by atoms with Crippen LogP contribution in [0.25, 0.3) is 0 Å². The van der Waals surface area contributed by atoms with Gasteiger partial charge in [-0.1, -0.05) is 0 Å². The maximum absolute atomic E-state index is 12.0. The first kappa shape index (κ1) is 14.1. The SMILES string of the molecule is O=C(NCC(O)C(F)(F)F)c1cc(O)ccc1O. The van der Waals surface area contributed by atoms with Crippen LogP contribution in [0.15, 0.2) is 18.2 Å². The Bertz CT molecular complexity index is 447. The van der Waals surface area contributed by atoms with E-state index in [-0.39, 0.29) is 11.3 Å². The van der Waals surface area contributed by atoms with Crippen LogP contribution in [-0.4, -0.2) is 40.1 Å². The van der Waals surface area contributed by atoms with Crippen LogP contribution >= 0.6 is 0 Å². The summed E-state index contributed by atoms with van der Waals surface area (Å²) < 4.78 is 35.9. The summed E-state index contributed by atoms with van der Waals surface area (Å²) in [6, 6.07) is 3.02. The molecule has 100 valence electrons. The summed E-state index contributed by atoms with van der Waals surface area (Å²) in [6.07, 6.45) is -7.53. The van der Waals surface area contributed by atoms with Crippen molar-refractivity contribution in [3.63, 3.8) is 0 Å².